The van der Waals surface area contributed by atoms with Crippen LogP contribution in [0.15, 0.2) is 45.6 Å². The molecule has 0 radical (unpaired) electrons. The van der Waals surface area contributed by atoms with Crippen molar-refractivity contribution >= 4 is 28.5 Å². The number of hydrogen-bond donors (Lipinski definition) is 1. The van der Waals surface area contributed by atoms with Crippen molar-refractivity contribution in [2.45, 2.75) is 12.6 Å². The highest BCUT2D eigenvalue weighted by atomic mass is 35.5. The Kier molecular flexibility index (Phi) is 6.83. The summed E-state index contributed by atoms with van der Waals surface area (Å²) >= 11 is 6.13. The fourth-order valence-electron chi connectivity index (χ4n) is 2.81. The summed E-state index contributed by atoms with van der Waals surface area (Å²) in [4.78, 5) is 23.4. The predicted molar refractivity (Wildman–Crippen MR) is 109 cm³/mol. The average Bonchev–Trinajstić information content (AvgIpc) is 2.72. The van der Waals surface area contributed by atoms with Gasteiger partial charge in [-0.25, -0.2) is 0 Å². The van der Waals surface area contributed by atoms with E-state index >= 15 is 0 Å². The number of carboxylic acids is 1. The van der Waals surface area contributed by atoms with Gasteiger partial charge >= 0.3 is 12.1 Å². The standard InChI is InChI=1S/C21H16ClF3O7/c1-29-17-7-12(16-8-14(26)11-3-2-4-13(22)20(11)32-16)15(30-6-5-19(27)28)9-18(17)31-10-21(23,24)25/h2-4,7-9H,5-6,10H2,1H3,(H,27,28). The summed E-state index contributed by atoms with van der Waals surface area (Å²) in [6, 6.07) is 8.16. The van der Waals surface area contributed by atoms with Gasteiger partial charge in [-0.3, -0.25) is 9.59 Å². The van der Waals surface area contributed by atoms with Crippen LogP contribution in [-0.4, -0.2) is 37.6 Å². The summed E-state index contributed by atoms with van der Waals surface area (Å²) in [5, 5.41) is 9.25. The van der Waals surface area contributed by atoms with Gasteiger partial charge in [-0.15, -0.1) is 0 Å². The van der Waals surface area contributed by atoms with E-state index in [1.54, 1.807) is 6.07 Å². The van der Waals surface area contributed by atoms with Crippen LogP contribution >= 0.6 is 11.6 Å². The summed E-state index contributed by atoms with van der Waals surface area (Å²) in [5.74, 6) is -1.60. The number of carboxylic acid groups (broad SMARTS) is 1. The molecule has 0 aliphatic rings. The molecular formula is C21H16ClF3O7. The third-order valence-electron chi connectivity index (χ3n) is 4.20. The molecule has 2 aromatic carbocycles. The Balaban J connectivity index is 2.14. The van der Waals surface area contributed by atoms with Crippen molar-refractivity contribution in [2.24, 2.45) is 0 Å². The minimum absolute atomic E-state index is 0.0124. The van der Waals surface area contributed by atoms with Gasteiger partial charge in [-0.2, -0.15) is 13.2 Å². The first-order chi connectivity index (χ1) is 15.1. The molecular weight excluding hydrogens is 457 g/mol. The second-order valence-corrected chi connectivity index (χ2v) is 6.89. The van der Waals surface area contributed by atoms with Crippen molar-refractivity contribution in [2.75, 3.05) is 20.3 Å². The molecule has 0 amide bonds. The van der Waals surface area contributed by atoms with Crippen molar-refractivity contribution in [1.29, 1.82) is 0 Å². The average molecular weight is 473 g/mol. The Bertz CT molecular complexity index is 1200. The molecule has 0 saturated carbocycles. The van der Waals surface area contributed by atoms with Crippen LogP contribution in [0, 0.1) is 0 Å². The highest BCUT2D eigenvalue weighted by Gasteiger charge is 2.29. The van der Waals surface area contributed by atoms with E-state index in [4.69, 9.17) is 35.3 Å². The van der Waals surface area contributed by atoms with E-state index in [0.717, 1.165) is 12.1 Å². The molecule has 1 heterocycles. The number of ether oxygens (including phenoxy) is 3. The summed E-state index contributed by atoms with van der Waals surface area (Å²) in [6.07, 6.45) is -4.98. The summed E-state index contributed by atoms with van der Waals surface area (Å²) in [7, 11) is 1.22. The number of methoxy groups -OCH3 is 1. The SMILES string of the molecule is COc1cc(-c2cc(=O)c3cccc(Cl)c3o2)c(OCCC(=O)O)cc1OCC(F)(F)F. The predicted octanol–water partition coefficient (Wildman–Crippen LogP) is 4.92. The molecule has 0 saturated heterocycles. The number of hydrogen-bond acceptors (Lipinski definition) is 6. The quantitative estimate of drug-likeness (QED) is 0.497. The van der Waals surface area contributed by atoms with Crippen LogP contribution in [0.2, 0.25) is 5.02 Å². The zero-order chi connectivity index (χ0) is 23.5. The Morgan fingerprint density at radius 2 is 1.88 bits per heavy atom. The Morgan fingerprint density at radius 1 is 1.12 bits per heavy atom. The monoisotopic (exact) mass is 472 g/mol. The first-order valence-corrected chi connectivity index (χ1v) is 9.46. The van der Waals surface area contributed by atoms with Gasteiger partial charge in [0, 0.05) is 12.1 Å². The summed E-state index contributed by atoms with van der Waals surface area (Å²) in [6.45, 7) is -1.89. The van der Waals surface area contributed by atoms with Gasteiger partial charge in [-0.1, -0.05) is 17.7 Å². The topological polar surface area (TPSA) is 95.2 Å². The van der Waals surface area contributed by atoms with Crippen LogP contribution in [-0.2, 0) is 4.79 Å². The zero-order valence-electron chi connectivity index (χ0n) is 16.5. The molecule has 3 aromatic rings. The van der Waals surface area contributed by atoms with E-state index in [1.165, 1.54) is 25.3 Å². The number of rotatable bonds is 8. The number of halogens is 4. The molecule has 0 bridgehead atoms. The lowest BCUT2D eigenvalue weighted by Gasteiger charge is -2.17. The summed E-state index contributed by atoms with van der Waals surface area (Å²) < 4.78 is 59.0. The third-order valence-corrected chi connectivity index (χ3v) is 4.50. The molecule has 0 spiro atoms. The number of alkyl halides is 3. The van der Waals surface area contributed by atoms with Gasteiger partial charge in [0.25, 0.3) is 0 Å². The van der Waals surface area contributed by atoms with Crippen LogP contribution in [0.4, 0.5) is 13.2 Å². The Hall–Kier alpha value is -3.40. The minimum atomic E-state index is -4.60. The maximum atomic E-state index is 12.6. The summed E-state index contributed by atoms with van der Waals surface area (Å²) in [5.41, 5.74) is -0.188. The van der Waals surface area contributed by atoms with Gasteiger partial charge in [0.1, 0.15) is 11.5 Å². The van der Waals surface area contributed by atoms with Gasteiger partial charge in [0.15, 0.2) is 29.1 Å². The maximum Gasteiger partial charge on any atom is 0.422 e. The van der Waals surface area contributed by atoms with Crippen LogP contribution in [0.25, 0.3) is 22.3 Å². The molecule has 3 rings (SSSR count). The van der Waals surface area contributed by atoms with Crippen molar-refractivity contribution in [3.63, 3.8) is 0 Å². The number of aliphatic carboxylic acids is 1. The highest BCUT2D eigenvalue weighted by molar-refractivity contribution is 6.34. The molecule has 0 atom stereocenters. The highest BCUT2D eigenvalue weighted by Crippen LogP contribution is 2.41. The van der Waals surface area contributed by atoms with Gasteiger partial charge in [-0.05, 0) is 18.2 Å². The van der Waals surface area contributed by atoms with E-state index in [2.05, 4.69) is 0 Å². The van der Waals surface area contributed by atoms with Crippen LogP contribution in [0.1, 0.15) is 6.42 Å². The van der Waals surface area contributed by atoms with E-state index in [1.807, 2.05) is 0 Å². The molecule has 11 heteroatoms. The molecule has 1 aromatic heterocycles. The fourth-order valence-corrected chi connectivity index (χ4v) is 3.02. The molecule has 0 aliphatic carbocycles. The lowest BCUT2D eigenvalue weighted by Crippen LogP contribution is -2.19. The van der Waals surface area contributed by atoms with Gasteiger partial charge < -0.3 is 23.7 Å². The van der Waals surface area contributed by atoms with Crippen molar-refractivity contribution in [3.8, 4) is 28.6 Å². The number of benzene rings is 2. The van der Waals surface area contributed by atoms with Crippen LogP contribution in [0.5, 0.6) is 17.2 Å². The van der Waals surface area contributed by atoms with Crippen molar-refractivity contribution in [3.05, 3.63) is 51.6 Å². The molecule has 0 aliphatic heterocycles. The van der Waals surface area contributed by atoms with E-state index in [9.17, 15) is 22.8 Å². The second-order valence-electron chi connectivity index (χ2n) is 6.49. The second kappa shape index (κ2) is 9.39. The van der Waals surface area contributed by atoms with E-state index in [-0.39, 0.29) is 57.6 Å². The minimum Gasteiger partial charge on any atom is -0.493 e. The van der Waals surface area contributed by atoms with E-state index in [0.29, 0.717) is 0 Å². The first-order valence-electron chi connectivity index (χ1n) is 9.08. The van der Waals surface area contributed by atoms with Crippen LogP contribution < -0.4 is 19.6 Å². The van der Waals surface area contributed by atoms with Crippen molar-refractivity contribution in [1.82, 2.24) is 0 Å². The maximum absolute atomic E-state index is 12.6. The molecule has 0 fully saturated rings. The third kappa shape index (κ3) is 5.44. The molecule has 0 unspecified atom stereocenters. The molecule has 32 heavy (non-hydrogen) atoms. The fraction of sp³-hybridized carbons (Fsp3) is 0.238. The first kappa shape index (κ1) is 23.3. The van der Waals surface area contributed by atoms with Crippen LogP contribution in [0.3, 0.4) is 0 Å². The lowest BCUT2D eigenvalue weighted by molar-refractivity contribution is -0.153. The normalized spacial score (nSPS) is 11.4. The molecule has 170 valence electrons. The van der Waals surface area contributed by atoms with Gasteiger partial charge in [0.2, 0.25) is 0 Å². The Labute approximate surface area is 183 Å². The van der Waals surface area contributed by atoms with E-state index < -0.39 is 24.2 Å². The van der Waals surface area contributed by atoms with Gasteiger partial charge in [0.05, 0.1) is 36.1 Å². The number of para-hydroxylation sites is 1. The smallest absolute Gasteiger partial charge is 0.422 e. The molecule has 1 N–H and O–H groups in total. The molecule has 7 nitrogen and oxygen atoms in total. The Morgan fingerprint density at radius 3 is 2.53 bits per heavy atom. The number of carbonyl (C=O) groups is 1. The largest absolute Gasteiger partial charge is 0.493 e. The number of fused-ring (bicyclic) bond motifs is 1. The lowest BCUT2D eigenvalue weighted by atomic mass is 10.1. The van der Waals surface area contributed by atoms with Crippen molar-refractivity contribution < 1.29 is 41.7 Å². The zero-order valence-corrected chi connectivity index (χ0v) is 17.2.